The SMILES string of the molecule is Cc1c(C(=O)Nc2ccc(N=Nc3ccccc3)cc2)oc2c1C(=NNC(=O)c1ccc(Br)cc1)CCC2. The predicted molar refractivity (Wildman–Crippen MR) is 150 cm³/mol. The number of nitrogens with zero attached hydrogens (tertiary/aromatic N) is 3. The number of nitrogens with one attached hydrogen (secondary N) is 2. The molecule has 5 rings (SSSR count). The third kappa shape index (κ3) is 5.78. The van der Waals surface area contributed by atoms with Gasteiger partial charge in [-0.3, -0.25) is 9.59 Å². The molecule has 2 N–H and O–H groups in total. The highest BCUT2D eigenvalue weighted by molar-refractivity contribution is 9.10. The monoisotopic (exact) mass is 569 g/mol. The van der Waals surface area contributed by atoms with E-state index in [2.05, 4.69) is 42.0 Å². The first-order valence-corrected chi connectivity index (χ1v) is 12.9. The van der Waals surface area contributed by atoms with Gasteiger partial charge in [-0.1, -0.05) is 34.1 Å². The quantitative estimate of drug-likeness (QED) is 0.185. The number of azo groups is 1. The molecule has 0 radical (unpaired) electrons. The Morgan fingerprint density at radius 2 is 1.53 bits per heavy atom. The van der Waals surface area contributed by atoms with Crippen molar-refractivity contribution in [2.24, 2.45) is 15.3 Å². The summed E-state index contributed by atoms with van der Waals surface area (Å²) in [5, 5.41) is 15.7. The minimum atomic E-state index is -0.353. The molecule has 1 heterocycles. The van der Waals surface area contributed by atoms with E-state index in [1.165, 1.54) is 0 Å². The van der Waals surface area contributed by atoms with Crippen molar-refractivity contribution in [2.75, 3.05) is 5.32 Å². The molecule has 1 aliphatic rings. The Kier molecular flexibility index (Phi) is 7.55. The highest BCUT2D eigenvalue weighted by Gasteiger charge is 2.28. The maximum Gasteiger partial charge on any atom is 0.291 e. The number of furan rings is 1. The highest BCUT2D eigenvalue weighted by Crippen LogP contribution is 2.30. The van der Waals surface area contributed by atoms with Gasteiger partial charge in [-0.25, -0.2) is 5.43 Å². The van der Waals surface area contributed by atoms with Crippen LogP contribution in [0, 0.1) is 6.92 Å². The number of carbonyl (C=O) groups excluding carboxylic acids is 2. The van der Waals surface area contributed by atoms with Crippen LogP contribution in [0.3, 0.4) is 0 Å². The summed E-state index contributed by atoms with van der Waals surface area (Å²) in [6.07, 6.45) is 2.19. The molecule has 0 atom stereocenters. The zero-order chi connectivity index (χ0) is 26.5. The van der Waals surface area contributed by atoms with Crippen molar-refractivity contribution in [3.63, 3.8) is 0 Å². The number of anilines is 1. The Morgan fingerprint density at radius 3 is 2.24 bits per heavy atom. The number of amides is 2. The Hall–Kier alpha value is -4.37. The van der Waals surface area contributed by atoms with Gasteiger partial charge in [-0.05, 0) is 80.4 Å². The predicted octanol–water partition coefficient (Wildman–Crippen LogP) is 7.49. The molecule has 1 aromatic heterocycles. The first-order valence-electron chi connectivity index (χ1n) is 12.1. The standard InChI is InChI=1S/C29H24BrN5O3/c1-18-26-24(34-35-28(36)19-10-12-20(30)13-11-19)8-5-9-25(26)38-27(18)29(37)31-21-14-16-23(17-15-21)33-32-22-6-3-2-4-7-22/h2-4,6-7,10-17H,5,8-9H2,1H3,(H,31,37)(H,35,36). The number of benzene rings is 3. The molecule has 8 nitrogen and oxygen atoms in total. The molecule has 0 fully saturated rings. The Morgan fingerprint density at radius 1 is 0.842 bits per heavy atom. The van der Waals surface area contributed by atoms with Gasteiger partial charge in [0, 0.05) is 33.3 Å². The highest BCUT2D eigenvalue weighted by atomic mass is 79.9. The van der Waals surface area contributed by atoms with Crippen LogP contribution in [0.1, 0.15) is 50.6 Å². The molecule has 3 aromatic carbocycles. The molecule has 2 amide bonds. The van der Waals surface area contributed by atoms with Crippen LogP contribution >= 0.6 is 15.9 Å². The molecular weight excluding hydrogens is 546 g/mol. The van der Waals surface area contributed by atoms with E-state index in [9.17, 15) is 9.59 Å². The second-order valence-electron chi connectivity index (χ2n) is 8.75. The topological polar surface area (TPSA) is 108 Å². The van der Waals surface area contributed by atoms with Crippen LogP contribution in [0.15, 0.2) is 103 Å². The zero-order valence-electron chi connectivity index (χ0n) is 20.6. The lowest BCUT2D eigenvalue weighted by Crippen LogP contribution is -2.22. The van der Waals surface area contributed by atoms with E-state index in [4.69, 9.17) is 4.42 Å². The van der Waals surface area contributed by atoms with E-state index in [0.717, 1.165) is 22.1 Å². The Labute approximate surface area is 228 Å². The lowest BCUT2D eigenvalue weighted by molar-refractivity contribution is 0.0953. The summed E-state index contributed by atoms with van der Waals surface area (Å²) >= 11 is 3.36. The number of aryl methyl sites for hydroxylation is 1. The van der Waals surface area contributed by atoms with Gasteiger partial charge in [-0.15, -0.1) is 0 Å². The largest absolute Gasteiger partial charge is 0.455 e. The second kappa shape index (κ2) is 11.4. The molecule has 4 aromatic rings. The van der Waals surface area contributed by atoms with Crippen molar-refractivity contribution in [1.29, 1.82) is 0 Å². The first kappa shape index (κ1) is 25.3. The fraction of sp³-hybridized carbons (Fsp3) is 0.138. The number of carbonyl (C=O) groups is 2. The lowest BCUT2D eigenvalue weighted by Gasteiger charge is -2.13. The average Bonchev–Trinajstić information content (AvgIpc) is 3.29. The normalized spacial score (nSPS) is 13.9. The van der Waals surface area contributed by atoms with Crippen molar-refractivity contribution in [2.45, 2.75) is 26.2 Å². The number of halogens is 1. The third-order valence-corrected chi connectivity index (χ3v) is 6.62. The average molecular weight is 570 g/mol. The summed E-state index contributed by atoms with van der Waals surface area (Å²) < 4.78 is 6.86. The van der Waals surface area contributed by atoms with Gasteiger partial charge in [0.15, 0.2) is 5.76 Å². The molecule has 0 spiro atoms. The number of rotatable bonds is 6. The summed E-state index contributed by atoms with van der Waals surface area (Å²) in [6, 6.07) is 23.6. The number of hydrogen-bond donors (Lipinski definition) is 2. The number of hydrazone groups is 1. The zero-order valence-corrected chi connectivity index (χ0v) is 22.2. The molecule has 9 heteroatoms. The van der Waals surface area contributed by atoms with Gasteiger partial charge < -0.3 is 9.73 Å². The summed E-state index contributed by atoms with van der Waals surface area (Å²) in [5.41, 5.74) is 7.36. The summed E-state index contributed by atoms with van der Waals surface area (Å²) in [5.74, 6) is 0.278. The molecule has 0 unspecified atom stereocenters. The van der Waals surface area contributed by atoms with Crippen LogP contribution in [-0.2, 0) is 6.42 Å². The van der Waals surface area contributed by atoms with Crippen LogP contribution in [0.4, 0.5) is 17.1 Å². The van der Waals surface area contributed by atoms with E-state index in [-0.39, 0.29) is 17.6 Å². The van der Waals surface area contributed by atoms with Gasteiger partial charge in [0.1, 0.15) is 5.76 Å². The van der Waals surface area contributed by atoms with Crippen LogP contribution in [0.25, 0.3) is 0 Å². The molecule has 0 aliphatic heterocycles. The van der Waals surface area contributed by atoms with Crippen molar-refractivity contribution in [1.82, 2.24) is 5.43 Å². The molecule has 190 valence electrons. The molecule has 0 bridgehead atoms. The smallest absolute Gasteiger partial charge is 0.291 e. The second-order valence-corrected chi connectivity index (χ2v) is 9.67. The van der Waals surface area contributed by atoms with Crippen LogP contribution in [0.2, 0.25) is 0 Å². The fourth-order valence-electron chi connectivity index (χ4n) is 4.19. The minimum Gasteiger partial charge on any atom is -0.455 e. The third-order valence-electron chi connectivity index (χ3n) is 6.09. The summed E-state index contributed by atoms with van der Waals surface area (Å²) in [6.45, 7) is 1.84. The first-order chi connectivity index (χ1) is 18.5. The number of hydrogen-bond acceptors (Lipinski definition) is 6. The number of fused-ring (bicyclic) bond motifs is 1. The maximum atomic E-state index is 13.1. The fourth-order valence-corrected chi connectivity index (χ4v) is 4.45. The van der Waals surface area contributed by atoms with E-state index >= 15 is 0 Å². The molecular formula is C29H24BrN5O3. The van der Waals surface area contributed by atoms with Gasteiger partial charge in [0.2, 0.25) is 0 Å². The van der Waals surface area contributed by atoms with E-state index in [1.807, 2.05) is 37.3 Å². The Bertz CT molecular complexity index is 1530. The van der Waals surface area contributed by atoms with Crippen LogP contribution in [0.5, 0.6) is 0 Å². The van der Waals surface area contributed by atoms with Crippen molar-refractivity contribution < 1.29 is 14.0 Å². The molecule has 38 heavy (non-hydrogen) atoms. The molecule has 0 saturated heterocycles. The van der Waals surface area contributed by atoms with E-state index in [0.29, 0.717) is 46.8 Å². The van der Waals surface area contributed by atoms with Crippen molar-refractivity contribution >= 4 is 50.5 Å². The van der Waals surface area contributed by atoms with Gasteiger partial charge in [0.25, 0.3) is 11.8 Å². The lowest BCUT2D eigenvalue weighted by atomic mass is 9.93. The van der Waals surface area contributed by atoms with Gasteiger partial charge in [0.05, 0.1) is 17.1 Å². The maximum absolute atomic E-state index is 13.1. The van der Waals surface area contributed by atoms with Crippen LogP contribution in [-0.4, -0.2) is 17.5 Å². The van der Waals surface area contributed by atoms with Gasteiger partial charge >= 0.3 is 0 Å². The molecule has 0 saturated carbocycles. The summed E-state index contributed by atoms with van der Waals surface area (Å²) in [4.78, 5) is 25.6. The van der Waals surface area contributed by atoms with E-state index < -0.39 is 0 Å². The van der Waals surface area contributed by atoms with Crippen LogP contribution < -0.4 is 10.7 Å². The molecule has 1 aliphatic carbocycles. The summed E-state index contributed by atoms with van der Waals surface area (Å²) in [7, 11) is 0. The van der Waals surface area contributed by atoms with E-state index in [1.54, 1.807) is 48.5 Å². The van der Waals surface area contributed by atoms with Crippen molar-refractivity contribution in [3.8, 4) is 0 Å². The minimum absolute atomic E-state index is 0.233. The Balaban J connectivity index is 1.28. The van der Waals surface area contributed by atoms with Crippen molar-refractivity contribution in [3.05, 3.63) is 112 Å². The van der Waals surface area contributed by atoms with Gasteiger partial charge in [-0.2, -0.15) is 15.3 Å².